The lowest BCUT2D eigenvalue weighted by Crippen LogP contribution is -2.06. The summed E-state index contributed by atoms with van der Waals surface area (Å²) in [4.78, 5) is 23.1. The smallest absolute Gasteiger partial charge is 0.306 e. The molecule has 0 spiro atoms. The molecular weight excluding hydrogens is 340 g/mol. The molecule has 0 aliphatic carbocycles. The van der Waals surface area contributed by atoms with Crippen molar-refractivity contribution in [1.29, 1.82) is 0 Å². The van der Waals surface area contributed by atoms with Gasteiger partial charge in [0.1, 0.15) is 29.1 Å². The van der Waals surface area contributed by atoms with Crippen LogP contribution in [0.25, 0.3) is 11.0 Å². The van der Waals surface area contributed by atoms with Gasteiger partial charge in [-0.2, -0.15) is 0 Å². The molecule has 1 aromatic heterocycles. The van der Waals surface area contributed by atoms with Crippen LogP contribution in [-0.2, 0) is 4.79 Å². The molecule has 7 heteroatoms. The second kappa shape index (κ2) is 7.60. The van der Waals surface area contributed by atoms with Crippen molar-refractivity contribution in [3.8, 4) is 23.0 Å². The summed E-state index contributed by atoms with van der Waals surface area (Å²) in [5.74, 6) is 0.575. The second-order valence-electron chi connectivity index (χ2n) is 5.36. The maximum Gasteiger partial charge on any atom is 0.306 e. The van der Waals surface area contributed by atoms with Crippen molar-refractivity contribution in [2.24, 2.45) is 0 Å². The third-order valence-corrected chi connectivity index (χ3v) is 3.57. The number of carboxylic acid groups (broad SMARTS) is 1. The molecule has 0 saturated carbocycles. The van der Waals surface area contributed by atoms with E-state index in [4.69, 9.17) is 23.7 Å². The van der Waals surface area contributed by atoms with Gasteiger partial charge in [0.15, 0.2) is 0 Å². The monoisotopic (exact) mass is 356 g/mol. The van der Waals surface area contributed by atoms with E-state index in [1.165, 1.54) is 12.3 Å². The minimum absolute atomic E-state index is 0.0299. The fourth-order valence-corrected chi connectivity index (χ4v) is 2.30. The van der Waals surface area contributed by atoms with E-state index in [-0.39, 0.29) is 24.2 Å². The number of carbonyl (C=O) groups is 1. The number of hydrogen-bond donors (Lipinski definition) is 1. The average molecular weight is 356 g/mol. The first-order chi connectivity index (χ1) is 12.6. The largest absolute Gasteiger partial charge is 0.497 e. The van der Waals surface area contributed by atoms with Crippen LogP contribution in [0.1, 0.15) is 6.42 Å². The summed E-state index contributed by atoms with van der Waals surface area (Å²) in [5, 5.41) is 8.95. The summed E-state index contributed by atoms with van der Waals surface area (Å²) in [6.45, 7) is 0.0299. The summed E-state index contributed by atoms with van der Waals surface area (Å²) in [5.41, 5.74) is -0.00743. The van der Waals surface area contributed by atoms with E-state index in [0.717, 1.165) is 0 Å². The molecule has 26 heavy (non-hydrogen) atoms. The topological polar surface area (TPSA) is 95.2 Å². The summed E-state index contributed by atoms with van der Waals surface area (Å²) in [7, 11) is 1.54. The van der Waals surface area contributed by atoms with Crippen molar-refractivity contribution in [3.05, 3.63) is 59.0 Å². The van der Waals surface area contributed by atoms with Crippen molar-refractivity contribution in [2.75, 3.05) is 13.7 Å². The highest BCUT2D eigenvalue weighted by atomic mass is 16.5. The third kappa shape index (κ3) is 3.94. The molecule has 0 fully saturated rings. The molecule has 0 aliphatic heterocycles. The molecule has 3 rings (SSSR count). The Morgan fingerprint density at radius 2 is 1.92 bits per heavy atom. The van der Waals surface area contributed by atoms with Gasteiger partial charge in [-0.1, -0.05) is 6.07 Å². The Balaban J connectivity index is 1.84. The highest BCUT2D eigenvalue weighted by Crippen LogP contribution is 2.26. The van der Waals surface area contributed by atoms with Gasteiger partial charge < -0.3 is 23.7 Å². The maximum absolute atomic E-state index is 12.6. The van der Waals surface area contributed by atoms with Crippen LogP contribution in [0.15, 0.2) is 57.9 Å². The standard InChI is InChI=1S/C19H16O7/c1-23-12-3-2-4-14(9-12)26-17-11-25-16-10-13(24-8-7-18(20)21)5-6-15(16)19(17)22/h2-6,9-11H,7-8H2,1H3,(H,20,21). The zero-order valence-corrected chi connectivity index (χ0v) is 13.9. The molecule has 3 aromatic rings. The van der Waals surface area contributed by atoms with Crippen LogP contribution in [-0.4, -0.2) is 24.8 Å². The molecule has 1 N–H and O–H groups in total. The second-order valence-corrected chi connectivity index (χ2v) is 5.36. The quantitative estimate of drug-likeness (QED) is 0.693. The lowest BCUT2D eigenvalue weighted by atomic mass is 10.2. The van der Waals surface area contributed by atoms with Crippen molar-refractivity contribution < 1.29 is 28.5 Å². The molecule has 1 heterocycles. The van der Waals surface area contributed by atoms with E-state index >= 15 is 0 Å². The van der Waals surface area contributed by atoms with E-state index in [9.17, 15) is 9.59 Å². The third-order valence-electron chi connectivity index (χ3n) is 3.57. The fourth-order valence-electron chi connectivity index (χ4n) is 2.30. The Morgan fingerprint density at radius 1 is 1.12 bits per heavy atom. The van der Waals surface area contributed by atoms with Gasteiger partial charge in [0.2, 0.25) is 11.2 Å². The summed E-state index contributed by atoms with van der Waals surface area (Å²) in [6, 6.07) is 11.5. The average Bonchev–Trinajstić information content (AvgIpc) is 2.64. The van der Waals surface area contributed by atoms with E-state index in [0.29, 0.717) is 28.2 Å². The van der Waals surface area contributed by atoms with Crippen LogP contribution in [0.5, 0.6) is 23.0 Å². The van der Waals surface area contributed by atoms with Gasteiger partial charge in [0.25, 0.3) is 0 Å². The number of rotatable bonds is 7. The highest BCUT2D eigenvalue weighted by molar-refractivity contribution is 5.79. The minimum Gasteiger partial charge on any atom is -0.497 e. The van der Waals surface area contributed by atoms with Gasteiger partial charge in [-0.05, 0) is 24.3 Å². The predicted octanol–water partition coefficient (Wildman–Crippen LogP) is 3.45. The predicted molar refractivity (Wildman–Crippen MR) is 93.3 cm³/mol. The van der Waals surface area contributed by atoms with Gasteiger partial charge >= 0.3 is 5.97 Å². The first-order valence-electron chi connectivity index (χ1n) is 7.79. The molecule has 0 amide bonds. The Kier molecular flexibility index (Phi) is 5.07. The van der Waals surface area contributed by atoms with Crippen LogP contribution in [0.4, 0.5) is 0 Å². The number of aliphatic carboxylic acids is 1. The van der Waals surface area contributed by atoms with Crippen LogP contribution in [0, 0.1) is 0 Å². The molecule has 0 saturated heterocycles. The molecule has 0 bridgehead atoms. The maximum atomic E-state index is 12.6. The van der Waals surface area contributed by atoms with Crippen molar-refractivity contribution >= 4 is 16.9 Å². The SMILES string of the molecule is COc1cccc(Oc2coc3cc(OCCC(=O)O)ccc3c2=O)c1. The van der Waals surface area contributed by atoms with Gasteiger partial charge in [0.05, 0.1) is 25.5 Å². The van der Waals surface area contributed by atoms with Crippen molar-refractivity contribution in [2.45, 2.75) is 6.42 Å². The summed E-state index contributed by atoms with van der Waals surface area (Å²) >= 11 is 0. The first kappa shape index (κ1) is 17.3. The Bertz CT molecular complexity index is 991. The molecule has 0 radical (unpaired) electrons. The van der Waals surface area contributed by atoms with Crippen LogP contribution in [0.3, 0.4) is 0 Å². The molecular formula is C19H16O7. The minimum atomic E-state index is -0.948. The zero-order chi connectivity index (χ0) is 18.5. The highest BCUT2D eigenvalue weighted by Gasteiger charge is 2.11. The number of hydrogen-bond acceptors (Lipinski definition) is 6. The van der Waals surface area contributed by atoms with Gasteiger partial charge in [0, 0.05) is 12.1 Å². The van der Waals surface area contributed by atoms with E-state index in [2.05, 4.69) is 0 Å². The Hall–Kier alpha value is -3.48. The van der Waals surface area contributed by atoms with Crippen LogP contribution < -0.4 is 19.6 Å². The molecule has 7 nitrogen and oxygen atoms in total. The molecule has 0 atom stereocenters. The lowest BCUT2D eigenvalue weighted by Gasteiger charge is -2.08. The summed E-state index contributed by atoms with van der Waals surface area (Å²) < 4.78 is 21.5. The molecule has 134 valence electrons. The van der Waals surface area contributed by atoms with Gasteiger partial charge in [-0.15, -0.1) is 0 Å². The normalized spacial score (nSPS) is 10.5. The molecule has 2 aromatic carbocycles. The van der Waals surface area contributed by atoms with Gasteiger partial charge in [-0.25, -0.2) is 0 Å². The molecule has 0 aliphatic rings. The number of ether oxygens (including phenoxy) is 3. The molecule has 0 unspecified atom stereocenters. The first-order valence-corrected chi connectivity index (χ1v) is 7.79. The summed E-state index contributed by atoms with van der Waals surface area (Å²) in [6.07, 6.45) is 1.11. The number of carboxylic acids is 1. The fraction of sp³-hybridized carbons (Fsp3) is 0.158. The Labute approximate surface area is 148 Å². The number of benzene rings is 2. The van der Waals surface area contributed by atoms with E-state index < -0.39 is 5.97 Å². The van der Waals surface area contributed by atoms with Crippen molar-refractivity contribution in [3.63, 3.8) is 0 Å². The lowest BCUT2D eigenvalue weighted by molar-refractivity contribution is -0.137. The van der Waals surface area contributed by atoms with Crippen LogP contribution in [0.2, 0.25) is 0 Å². The van der Waals surface area contributed by atoms with Crippen LogP contribution >= 0.6 is 0 Å². The number of methoxy groups -OCH3 is 1. The Morgan fingerprint density at radius 3 is 2.69 bits per heavy atom. The van der Waals surface area contributed by atoms with Gasteiger partial charge in [-0.3, -0.25) is 9.59 Å². The van der Waals surface area contributed by atoms with E-state index in [1.807, 2.05) is 0 Å². The van der Waals surface area contributed by atoms with E-state index in [1.54, 1.807) is 43.5 Å². The zero-order valence-electron chi connectivity index (χ0n) is 13.9. The number of fused-ring (bicyclic) bond motifs is 1. The van der Waals surface area contributed by atoms with Crippen molar-refractivity contribution in [1.82, 2.24) is 0 Å².